The third kappa shape index (κ3) is 4.79. The van der Waals surface area contributed by atoms with Gasteiger partial charge >= 0.3 is 0 Å². The summed E-state index contributed by atoms with van der Waals surface area (Å²) in [6.45, 7) is 2.18. The fraction of sp³-hybridized carbons (Fsp3) is 0.500. The Kier molecular flexibility index (Phi) is 6.35. The minimum Gasteiger partial charge on any atom is -0.235 e. The van der Waals surface area contributed by atoms with E-state index in [2.05, 4.69) is 6.92 Å². The molecule has 1 aliphatic carbocycles. The van der Waals surface area contributed by atoms with E-state index in [0.29, 0.717) is 6.42 Å². The predicted octanol–water partition coefficient (Wildman–Crippen LogP) is 6.65. The minimum absolute atomic E-state index is 0.373. The summed E-state index contributed by atoms with van der Waals surface area (Å²) in [4.78, 5) is 0. The topological polar surface area (TPSA) is 0 Å². The van der Waals surface area contributed by atoms with Crippen LogP contribution in [-0.4, -0.2) is 5.67 Å². The van der Waals surface area contributed by atoms with Crippen LogP contribution < -0.4 is 0 Å². The first-order chi connectivity index (χ1) is 10.6. The maximum atomic E-state index is 14.7. The molecule has 0 radical (unpaired) electrons. The molecule has 1 aromatic rings. The summed E-state index contributed by atoms with van der Waals surface area (Å²) in [6.07, 6.45) is 11.4. The molecule has 1 aromatic carbocycles. The molecule has 0 heterocycles. The van der Waals surface area contributed by atoms with Crippen molar-refractivity contribution in [1.82, 2.24) is 0 Å². The lowest BCUT2D eigenvalue weighted by atomic mass is 9.85. The van der Waals surface area contributed by atoms with Gasteiger partial charge in [-0.3, -0.25) is 0 Å². The highest BCUT2D eigenvalue weighted by Crippen LogP contribution is 2.37. The maximum Gasteiger partial charge on any atom is 0.150 e. The SMILES string of the molecule is CCCCCCCCC1(F)C=CC(c2ccccc2)C(F)=C1. The Hall–Kier alpha value is -1.44. The van der Waals surface area contributed by atoms with Gasteiger partial charge < -0.3 is 0 Å². The van der Waals surface area contributed by atoms with E-state index in [-0.39, 0.29) is 5.83 Å². The highest BCUT2D eigenvalue weighted by atomic mass is 19.1. The molecule has 0 spiro atoms. The van der Waals surface area contributed by atoms with Gasteiger partial charge in [0.1, 0.15) is 11.5 Å². The molecule has 0 amide bonds. The van der Waals surface area contributed by atoms with Crippen LogP contribution in [0.5, 0.6) is 0 Å². The number of alkyl halides is 1. The first-order valence-corrected chi connectivity index (χ1v) is 8.46. The number of hydrogen-bond donors (Lipinski definition) is 0. The molecule has 0 fully saturated rings. The number of hydrogen-bond acceptors (Lipinski definition) is 0. The van der Waals surface area contributed by atoms with E-state index in [1.165, 1.54) is 25.3 Å². The Bertz CT molecular complexity index is 504. The van der Waals surface area contributed by atoms with Gasteiger partial charge in [0.25, 0.3) is 0 Å². The molecule has 0 saturated carbocycles. The van der Waals surface area contributed by atoms with Crippen LogP contribution in [0.1, 0.15) is 63.4 Å². The molecule has 2 heteroatoms. The van der Waals surface area contributed by atoms with Crippen molar-refractivity contribution in [2.75, 3.05) is 0 Å². The van der Waals surface area contributed by atoms with Crippen molar-refractivity contribution in [2.45, 2.75) is 63.5 Å². The first kappa shape index (κ1) is 16.9. The van der Waals surface area contributed by atoms with Crippen molar-refractivity contribution in [3.63, 3.8) is 0 Å². The standard InChI is InChI=1S/C20H26F2/c1-2-3-4-5-6-10-14-20(22)15-13-18(19(21)16-20)17-11-8-7-9-12-17/h7-9,11-13,15-16,18H,2-6,10,14H2,1H3. The zero-order chi connectivity index (χ0) is 15.8. The normalized spacial score (nSPS) is 24.3. The van der Waals surface area contributed by atoms with Gasteiger partial charge in [0.15, 0.2) is 0 Å². The van der Waals surface area contributed by atoms with Crippen LogP contribution in [0.2, 0.25) is 0 Å². The molecule has 0 bridgehead atoms. The van der Waals surface area contributed by atoms with E-state index in [9.17, 15) is 8.78 Å². The molecule has 120 valence electrons. The van der Waals surface area contributed by atoms with Gasteiger partial charge in [-0.05, 0) is 30.6 Å². The fourth-order valence-corrected chi connectivity index (χ4v) is 2.98. The molecule has 0 nitrogen and oxygen atoms in total. The van der Waals surface area contributed by atoms with E-state index < -0.39 is 11.6 Å². The Morgan fingerprint density at radius 3 is 2.36 bits per heavy atom. The molecule has 1 aliphatic rings. The Balaban J connectivity index is 1.87. The van der Waals surface area contributed by atoms with E-state index >= 15 is 0 Å². The summed E-state index contributed by atoms with van der Waals surface area (Å²) < 4.78 is 29.0. The predicted molar refractivity (Wildman–Crippen MR) is 89.3 cm³/mol. The van der Waals surface area contributed by atoms with Gasteiger partial charge in [-0.15, -0.1) is 0 Å². The molecular formula is C20H26F2. The average molecular weight is 304 g/mol. The second-order valence-corrected chi connectivity index (χ2v) is 6.22. The molecule has 22 heavy (non-hydrogen) atoms. The van der Waals surface area contributed by atoms with Crippen LogP contribution >= 0.6 is 0 Å². The third-order valence-electron chi connectivity index (χ3n) is 4.31. The minimum atomic E-state index is -1.61. The van der Waals surface area contributed by atoms with E-state index in [1.54, 1.807) is 12.2 Å². The Morgan fingerprint density at radius 2 is 1.68 bits per heavy atom. The number of allylic oxidation sites excluding steroid dienone is 4. The molecule has 0 saturated heterocycles. The van der Waals surface area contributed by atoms with Gasteiger partial charge in [-0.25, -0.2) is 8.78 Å². The van der Waals surface area contributed by atoms with Crippen molar-refractivity contribution in [3.8, 4) is 0 Å². The smallest absolute Gasteiger partial charge is 0.150 e. The average Bonchev–Trinajstić information content (AvgIpc) is 2.52. The van der Waals surface area contributed by atoms with Gasteiger partial charge in [0, 0.05) is 0 Å². The van der Waals surface area contributed by atoms with Crippen LogP contribution in [0.3, 0.4) is 0 Å². The maximum absolute atomic E-state index is 14.7. The molecule has 2 rings (SSSR count). The van der Waals surface area contributed by atoms with Crippen LogP contribution in [0.15, 0.2) is 54.4 Å². The number of unbranched alkanes of at least 4 members (excludes halogenated alkanes) is 5. The quantitative estimate of drug-likeness (QED) is 0.372. The highest BCUT2D eigenvalue weighted by Gasteiger charge is 2.30. The van der Waals surface area contributed by atoms with Gasteiger partial charge in [0.2, 0.25) is 0 Å². The van der Waals surface area contributed by atoms with Crippen LogP contribution in [0, 0.1) is 0 Å². The summed E-state index contributed by atoms with van der Waals surface area (Å²) in [5.74, 6) is -0.809. The number of benzene rings is 1. The molecule has 0 aromatic heterocycles. The van der Waals surface area contributed by atoms with Crippen molar-refractivity contribution in [2.24, 2.45) is 0 Å². The first-order valence-electron chi connectivity index (χ1n) is 8.46. The summed E-state index contributed by atoms with van der Waals surface area (Å²) >= 11 is 0. The molecule has 0 N–H and O–H groups in total. The zero-order valence-electron chi connectivity index (χ0n) is 13.4. The van der Waals surface area contributed by atoms with Crippen molar-refractivity contribution in [1.29, 1.82) is 0 Å². The van der Waals surface area contributed by atoms with Crippen LogP contribution in [-0.2, 0) is 0 Å². The van der Waals surface area contributed by atoms with E-state index in [1.807, 2.05) is 30.3 Å². The highest BCUT2D eigenvalue weighted by molar-refractivity contribution is 5.37. The third-order valence-corrected chi connectivity index (χ3v) is 4.31. The largest absolute Gasteiger partial charge is 0.235 e. The lowest BCUT2D eigenvalue weighted by molar-refractivity contribution is 0.259. The summed E-state index contributed by atoms with van der Waals surface area (Å²) in [5, 5.41) is 0. The van der Waals surface area contributed by atoms with E-state index in [4.69, 9.17) is 0 Å². The van der Waals surface area contributed by atoms with Crippen molar-refractivity contribution < 1.29 is 8.78 Å². The van der Waals surface area contributed by atoms with E-state index in [0.717, 1.165) is 24.8 Å². The van der Waals surface area contributed by atoms with Crippen LogP contribution in [0.4, 0.5) is 8.78 Å². The van der Waals surface area contributed by atoms with Crippen molar-refractivity contribution >= 4 is 0 Å². The molecule has 2 atom stereocenters. The number of rotatable bonds is 8. The van der Waals surface area contributed by atoms with Gasteiger partial charge in [0.05, 0.1) is 5.92 Å². The summed E-state index contributed by atoms with van der Waals surface area (Å²) in [5.41, 5.74) is -0.741. The lowest BCUT2D eigenvalue weighted by Gasteiger charge is -2.25. The summed E-state index contributed by atoms with van der Waals surface area (Å²) in [6, 6.07) is 9.41. The fourth-order valence-electron chi connectivity index (χ4n) is 2.98. The van der Waals surface area contributed by atoms with Gasteiger partial charge in [-0.2, -0.15) is 0 Å². The monoisotopic (exact) mass is 304 g/mol. The Labute approximate surface area is 132 Å². The van der Waals surface area contributed by atoms with Gasteiger partial charge in [-0.1, -0.05) is 75.4 Å². The lowest BCUT2D eigenvalue weighted by Crippen LogP contribution is -2.21. The molecule has 0 aliphatic heterocycles. The molecule has 2 unspecified atom stereocenters. The number of halogens is 2. The Morgan fingerprint density at radius 1 is 1.00 bits per heavy atom. The second kappa shape index (κ2) is 8.26. The molecular weight excluding hydrogens is 278 g/mol. The summed E-state index contributed by atoms with van der Waals surface area (Å²) in [7, 11) is 0. The van der Waals surface area contributed by atoms with Crippen LogP contribution in [0.25, 0.3) is 0 Å². The zero-order valence-corrected chi connectivity index (χ0v) is 13.4. The second-order valence-electron chi connectivity index (χ2n) is 6.22. The van der Waals surface area contributed by atoms with Crippen molar-refractivity contribution in [3.05, 3.63) is 60.0 Å².